The van der Waals surface area contributed by atoms with Gasteiger partial charge < -0.3 is 5.11 Å². The minimum absolute atomic E-state index is 0.0805. The first-order valence-corrected chi connectivity index (χ1v) is 3.28. The summed E-state index contributed by atoms with van der Waals surface area (Å²) in [6.07, 6.45) is 0.534. The highest BCUT2D eigenvalue weighted by Crippen LogP contribution is 2.14. The lowest BCUT2D eigenvalue weighted by atomic mass is 10.1. The van der Waals surface area contributed by atoms with E-state index in [0.717, 1.165) is 0 Å². The molecule has 0 aliphatic rings. The predicted octanol–water partition coefficient (Wildman–Crippen LogP) is 2.26. The third-order valence-electron chi connectivity index (χ3n) is 1.27. The summed E-state index contributed by atoms with van der Waals surface area (Å²) in [7, 11) is 0. The van der Waals surface area contributed by atoms with Crippen LogP contribution in [-0.4, -0.2) is 5.11 Å². The van der Waals surface area contributed by atoms with Crippen LogP contribution in [-0.2, 0) is 6.42 Å². The molecule has 1 aromatic carbocycles. The van der Waals surface area contributed by atoms with E-state index in [9.17, 15) is 5.11 Å². The SMILES string of the molecule is [2H]c1c(C)c([2H])c(CC)c([2H])c1O. The highest BCUT2D eigenvalue weighted by molar-refractivity contribution is 5.32. The largest absolute Gasteiger partial charge is 0.508 e. The lowest BCUT2D eigenvalue weighted by Gasteiger charge is -1.99. The topological polar surface area (TPSA) is 20.2 Å². The Kier molecular flexibility index (Phi) is 1.10. The molecule has 1 N–H and O–H groups in total. The van der Waals surface area contributed by atoms with Crippen LogP contribution < -0.4 is 0 Å². The second-order valence-electron chi connectivity index (χ2n) is 2.18. The van der Waals surface area contributed by atoms with Crippen LogP contribution in [0.2, 0.25) is 0 Å². The van der Waals surface area contributed by atoms with Gasteiger partial charge in [-0.1, -0.05) is 13.0 Å². The Hall–Kier alpha value is -0.980. The summed E-state index contributed by atoms with van der Waals surface area (Å²) in [5.74, 6) is -0.314. The van der Waals surface area contributed by atoms with E-state index in [4.69, 9.17) is 4.11 Å². The fourth-order valence-electron chi connectivity index (χ4n) is 0.817. The van der Waals surface area contributed by atoms with E-state index in [2.05, 4.69) is 0 Å². The molecule has 1 heteroatoms. The summed E-state index contributed by atoms with van der Waals surface area (Å²) < 4.78 is 22.5. The molecule has 54 valence electrons. The van der Waals surface area contributed by atoms with Crippen LogP contribution in [0.3, 0.4) is 0 Å². The standard InChI is InChI=1S/C9H12O/c1-3-8-4-7(2)5-9(10)6-8/h4-6,10H,3H2,1-2H3/i4D,5D,6D. The summed E-state index contributed by atoms with van der Waals surface area (Å²) in [6, 6.07) is 0.0191. The Balaban J connectivity index is 3.56. The molecule has 0 aromatic heterocycles. The zero-order valence-corrected chi connectivity index (χ0v) is 6.15. The molecule has 0 radical (unpaired) electrons. The Morgan fingerprint density at radius 1 is 1.50 bits per heavy atom. The summed E-state index contributed by atoms with van der Waals surface area (Å²) in [5, 5.41) is 9.37. The molecule has 0 unspecified atom stereocenters. The number of hydrogen-bond acceptors (Lipinski definition) is 1. The van der Waals surface area contributed by atoms with Crippen molar-refractivity contribution < 1.29 is 9.22 Å². The molecule has 1 aromatic rings. The lowest BCUT2D eigenvalue weighted by molar-refractivity contribution is 0.474. The molecular formula is C9H12O. The Morgan fingerprint density at radius 3 is 2.80 bits per heavy atom. The fourth-order valence-corrected chi connectivity index (χ4v) is 0.817. The first-order valence-electron chi connectivity index (χ1n) is 4.78. The third kappa shape index (κ3) is 1.50. The Morgan fingerprint density at radius 2 is 2.20 bits per heavy atom. The van der Waals surface area contributed by atoms with Gasteiger partial charge in [-0.05, 0) is 36.6 Å². The van der Waals surface area contributed by atoms with Crippen molar-refractivity contribution in [2.45, 2.75) is 20.3 Å². The lowest BCUT2D eigenvalue weighted by Crippen LogP contribution is -1.80. The molecule has 0 fully saturated rings. The zero-order chi connectivity index (χ0) is 10.2. The van der Waals surface area contributed by atoms with Crippen molar-refractivity contribution in [2.24, 2.45) is 0 Å². The van der Waals surface area contributed by atoms with E-state index in [1.54, 1.807) is 6.92 Å². The van der Waals surface area contributed by atoms with E-state index >= 15 is 0 Å². The molecule has 0 amide bonds. The first kappa shape index (κ1) is 4.02. The monoisotopic (exact) mass is 139 g/mol. The average Bonchev–Trinajstić information content (AvgIpc) is 2.13. The molecule has 0 heterocycles. The van der Waals surface area contributed by atoms with Crippen LogP contribution in [0.1, 0.15) is 22.2 Å². The summed E-state index contributed by atoms with van der Waals surface area (Å²) >= 11 is 0. The zero-order valence-electron chi connectivity index (χ0n) is 9.15. The van der Waals surface area contributed by atoms with Gasteiger partial charge in [-0.3, -0.25) is 0 Å². The second-order valence-corrected chi connectivity index (χ2v) is 2.18. The van der Waals surface area contributed by atoms with Gasteiger partial charge >= 0.3 is 0 Å². The summed E-state index contributed by atoms with van der Waals surface area (Å²) in [4.78, 5) is 0. The number of phenols is 1. The van der Waals surface area contributed by atoms with Crippen LogP contribution in [0.15, 0.2) is 18.1 Å². The van der Waals surface area contributed by atoms with Gasteiger partial charge in [0.15, 0.2) is 0 Å². The van der Waals surface area contributed by atoms with Crippen molar-refractivity contribution >= 4 is 0 Å². The maximum Gasteiger partial charge on any atom is 0.116 e. The van der Waals surface area contributed by atoms with Gasteiger partial charge in [-0.25, -0.2) is 0 Å². The highest BCUT2D eigenvalue weighted by Gasteiger charge is 1.93. The molecule has 1 nitrogen and oxygen atoms in total. The number of aromatic hydroxyl groups is 1. The van der Waals surface area contributed by atoms with Crippen molar-refractivity contribution in [1.29, 1.82) is 0 Å². The molecule has 10 heavy (non-hydrogen) atoms. The normalized spacial score (nSPS) is 14.0. The number of rotatable bonds is 1. The molecular weight excluding hydrogens is 124 g/mol. The molecule has 1 rings (SSSR count). The maximum atomic E-state index is 9.37. The van der Waals surface area contributed by atoms with Crippen molar-refractivity contribution in [3.63, 3.8) is 0 Å². The number of benzene rings is 1. The second kappa shape index (κ2) is 2.74. The van der Waals surface area contributed by atoms with Gasteiger partial charge in [-0.15, -0.1) is 0 Å². The average molecular weight is 139 g/mol. The van der Waals surface area contributed by atoms with Crippen LogP contribution in [0.4, 0.5) is 0 Å². The van der Waals surface area contributed by atoms with Crippen LogP contribution in [0, 0.1) is 6.92 Å². The predicted molar refractivity (Wildman–Crippen MR) is 42.2 cm³/mol. The smallest absolute Gasteiger partial charge is 0.116 e. The van der Waals surface area contributed by atoms with E-state index in [1.165, 1.54) is 0 Å². The molecule has 0 saturated carbocycles. The Labute approximate surface area is 65.5 Å². The van der Waals surface area contributed by atoms with E-state index < -0.39 is 0 Å². The van der Waals surface area contributed by atoms with Crippen molar-refractivity contribution in [3.8, 4) is 5.75 Å². The number of hydrogen-bond donors (Lipinski definition) is 1. The van der Waals surface area contributed by atoms with Gasteiger partial charge in [0, 0.05) is 0 Å². The van der Waals surface area contributed by atoms with Gasteiger partial charge in [0.1, 0.15) is 5.75 Å². The van der Waals surface area contributed by atoms with E-state index in [1.807, 2.05) is 6.92 Å². The summed E-state index contributed by atoms with van der Waals surface area (Å²) in [6.45, 7) is 3.44. The summed E-state index contributed by atoms with van der Waals surface area (Å²) in [5.41, 5.74) is 0.941. The van der Waals surface area contributed by atoms with Gasteiger partial charge in [0.2, 0.25) is 0 Å². The molecule has 0 spiro atoms. The maximum absolute atomic E-state index is 9.37. The van der Waals surface area contributed by atoms with E-state index in [-0.39, 0.29) is 23.9 Å². The van der Waals surface area contributed by atoms with Gasteiger partial charge in [-0.2, -0.15) is 0 Å². The fraction of sp³-hybridized carbons (Fsp3) is 0.333. The molecule has 0 bridgehead atoms. The first-order chi connectivity index (χ1) is 6.00. The molecule has 0 saturated heterocycles. The van der Waals surface area contributed by atoms with E-state index in [0.29, 0.717) is 17.5 Å². The Bertz CT molecular complexity index is 318. The third-order valence-corrected chi connectivity index (χ3v) is 1.27. The van der Waals surface area contributed by atoms with Crippen molar-refractivity contribution in [3.05, 3.63) is 29.3 Å². The minimum atomic E-state index is -0.314. The molecule has 0 atom stereocenters. The van der Waals surface area contributed by atoms with Crippen molar-refractivity contribution in [2.75, 3.05) is 0 Å². The van der Waals surface area contributed by atoms with Crippen LogP contribution in [0.25, 0.3) is 0 Å². The van der Waals surface area contributed by atoms with Crippen LogP contribution >= 0.6 is 0 Å². The van der Waals surface area contributed by atoms with Crippen molar-refractivity contribution in [1.82, 2.24) is 0 Å². The van der Waals surface area contributed by atoms with Gasteiger partial charge in [0.05, 0.1) is 4.11 Å². The number of phenolic OH excluding ortho intramolecular Hbond substituents is 1. The molecule has 0 aliphatic carbocycles. The molecule has 0 aliphatic heterocycles. The van der Waals surface area contributed by atoms with Gasteiger partial charge in [0.25, 0.3) is 0 Å². The van der Waals surface area contributed by atoms with Crippen LogP contribution in [0.5, 0.6) is 5.75 Å². The quantitative estimate of drug-likeness (QED) is 0.632. The minimum Gasteiger partial charge on any atom is -0.508 e. The highest BCUT2D eigenvalue weighted by atomic mass is 16.3.